The molecule has 6 nitrogen and oxygen atoms in total. The Morgan fingerprint density at radius 1 is 1.12 bits per heavy atom. The number of aromatic nitrogens is 2. The second-order valence-corrected chi connectivity index (χ2v) is 6.55. The number of piperidine rings is 1. The van der Waals surface area contributed by atoms with Crippen molar-refractivity contribution in [3.63, 3.8) is 0 Å². The number of ether oxygens (including phenoxy) is 1. The summed E-state index contributed by atoms with van der Waals surface area (Å²) in [5.41, 5.74) is 0.977. The first-order chi connectivity index (χ1) is 11.8. The highest BCUT2D eigenvalue weighted by molar-refractivity contribution is 5.74. The van der Waals surface area contributed by atoms with E-state index in [1.807, 2.05) is 30.3 Å². The molecule has 0 N–H and O–H groups in total. The van der Waals surface area contributed by atoms with E-state index in [1.54, 1.807) is 0 Å². The van der Waals surface area contributed by atoms with Gasteiger partial charge in [-0.1, -0.05) is 35.5 Å². The Hall–Kier alpha value is -2.21. The Balaban J connectivity index is 1.34. The first kappa shape index (κ1) is 15.3. The highest BCUT2D eigenvalue weighted by atomic mass is 16.5. The van der Waals surface area contributed by atoms with Gasteiger partial charge < -0.3 is 14.2 Å². The zero-order valence-corrected chi connectivity index (χ0v) is 13.6. The average molecular weight is 327 g/mol. The molecule has 0 spiro atoms. The van der Waals surface area contributed by atoms with Crippen molar-refractivity contribution < 1.29 is 14.1 Å². The maximum absolute atomic E-state index is 11.6. The summed E-state index contributed by atoms with van der Waals surface area (Å²) in [6.07, 6.45) is 2.82. The predicted molar refractivity (Wildman–Crippen MR) is 87.2 cm³/mol. The minimum absolute atomic E-state index is 0.0403. The van der Waals surface area contributed by atoms with Crippen molar-refractivity contribution in [3.8, 4) is 11.4 Å². The summed E-state index contributed by atoms with van der Waals surface area (Å²) in [5.74, 6) is 1.70. The van der Waals surface area contributed by atoms with Crippen molar-refractivity contribution >= 4 is 5.97 Å². The summed E-state index contributed by atoms with van der Waals surface area (Å²) in [4.78, 5) is 18.5. The lowest BCUT2D eigenvalue weighted by Crippen LogP contribution is -2.37. The minimum Gasteiger partial charge on any atom is -0.465 e. The third kappa shape index (κ3) is 3.19. The Labute approximate surface area is 140 Å². The molecule has 1 unspecified atom stereocenters. The number of hydrogen-bond acceptors (Lipinski definition) is 6. The van der Waals surface area contributed by atoms with Gasteiger partial charge in [0.25, 0.3) is 0 Å². The molecule has 1 atom stereocenters. The van der Waals surface area contributed by atoms with E-state index < -0.39 is 0 Å². The number of carbonyl (C=O) groups excluding carboxylic acids is 1. The molecule has 24 heavy (non-hydrogen) atoms. The average Bonchev–Trinajstić information content (AvgIpc) is 3.26. The number of nitrogens with zero attached hydrogens (tertiary/aromatic N) is 3. The maximum Gasteiger partial charge on any atom is 0.310 e. The van der Waals surface area contributed by atoms with Crippen LogP contribution in [-0.4, -0.2) is 47.3 Å². The van der Waals surface area contributed by atoms with E-state index in [0.717, 1.165) is 50.4 Å². The topological polar surface area (TPSA) is 68.5 Å². The van der Waals surface area contributed by atoms with Crippen molar-refractivity contribution in [2.75, 3.05) is 26.2 Å². The Morgan fingerprint density at radius 2 is 1.92 bits per heavy atom. The molecular weight excluding hydrogens is 306 g/mol. The molecule has 0 bridgehead atoms. The van der Waals surface area contributed by atoms with Crippen LogP contribution in [0.25, 0.3) is 11.4 Å². The molecule has 0 aliphatic carbocycles. The number of hydrogen-bond donors (Lipinski definition) is 0. The molecule has 2 aromatic rings. The van der Waals surface area contributed by atoms with E-state index in [2.05, 4.69) is 15.0 Å². The Kier molecular flexibility index (Phi) is 4.30. The van der Waals surface area contributed by atoms with Crippen molar-refractivity contribution in [1.29, 1.82) is 0 Å². The number of likely N-dealkylation sites (tertiary alicyclic amines) is 1. The van der Waals surface area contributed by atoms with Crippen molar-refractivity contribution in [2.24, 2.45) is 5.92 Å². The molecule has 0 saturated carbocycles. The van der Waals surface area contributed by atoms with Crippen molar-refractivity contribution in [2.45, 2.75) is 25.2 Å². The number of cyclic esters (lactones) is 1. The molecule has 3 heterocycles. The fraction of sp³-hybridized carbons (Fsp3) is 0.500. The molecule has 2 fully saturated rings. The number of carbonyl (C=O) groups is 1. The van der Waals surface area contributed by atoms with Crippen LogP contribution in [0.15, 0.2) is 34.9 Å². The molecule has 0 radical (unpaired) electrons. The fourth-order valence-corrected chi connectivity index (χ4v) is 3.48. The predicted octanol–water partition coefficient (Wildman–Crippen LogP) is 2.48. The van der Waals surface area contributed by atoms with Crippen LogP contribution in [0.1, 0.15) is 31.1 Å². The van der Waals surface area contributed by atoms with Gasteiger partial charge >= 0.3 is 5.97 Å². The van der Waals surface area contributed by atoms with Crippen LogP contribution in [0.5, 0.6) is 0 Å². The van der Waals surface area contributed by atoms with E-state index in [4.69, 9.17) is 9.26 Å². The van der Waals surface area contributed by atoms with Crippen LogP contribution in [0.3, 0.4) is 0 Å². The van der Waals surface area contributed by atoms with E-state index in [1.165, 1.54) is 0 Å². The van der Waals surface area contributed by atoms with Crippen LogP contribution in [0, 0.1) is 5.92 Å². The number of benzene rings is 1. The van der Waals surface area contributed by atoms with Gasteiger partial charge in [0.1, 0.15) is 0 Å². The summed E-state index contributed by atoms with van der Waals surface area (Å²) >= 11 is 0. The zero-order valence-electron chi connectivity index (χ0n) is 13.6. The second-order valence-electron chi connectivity index (χ2n) is 6.55. The lowest BCUT2D eigenvalue weighted by atomic mass is 9.95. The first-order valence-corrected chi connectivity index (χ1v) is 8.57. The van der Waals surface area contributed by atoms with E-state index >= 15 is 0 Å². The van der Waals surface area contributed by atoms with Gasteiger partial charge in [-0.25, -0.2) is 0 Å². The largest absolute Gasteiger partial charge is 0.465 e. The Bertz CT molecular complexity index is 693. The van der Waals surface area contributed by atoms with Gasteiger partial charge in [-0.3, -0.25) is 4.79 Å². The molecule has 126 valence electrons. The molecule has 2 aliphatic heterocycles. The van der Waals surface area contributed by atoms with E-state index in [0.29, 0.717) is 18.3 Å². The molecule has 4 rings (SSSR count). The summed E-state index contributed by atoms with van der Waals surface area (Å²) < 4.78 is 10.5. The highest BCUT2D eigenvalue weighted by Crippen LogP contribution is 2.29. The lowest BCUT2D eigenvalue weighted by Gasteiger charge is -2.31. The van der Waals surface area contributed by atoms with Crippen LogP contribution < -0.4 is 0 Å². The quantitative estimate of drug-likeness (QED) is 0.804. The van der Waals surface area contributed by atoms with Gasteiger partial charge in [-0.2, -0.15) is 4.98 Å². The summed E-state index contributed by atoms with van der Waals surface area (Å²) in [6.45, 7) is 3.30. The number of esters is 1. The third-order valence-electron chi connectivity index (χ3n) is 4.93. The summed E-state index contributed by atoms with van der Waals surface area (Å²) in [7, 11) is 0. The van der Waals surface area contributed by atoms with Gasteiger partial charge in [-0.15, -0.1) is 0 Å². The molecule has 0 amide bonds. The minimum atomic E-state index is -0.0403. The second kappa shape index (κ2) is 6.73. The number of rotatable bonds is 4. The first-order valence-electron chi connectivity index (χ1n) is 8.57. The molecule has 2 saturated heterocycles. The summed E-state index contributed by atoms with van der Waals surface area (Å²) in [5, 5.41) is 4.11. The molecule has 1 aromatic heterocycles. The fourth-order valence-electron chi connectivity index (χ4n) is 3.48. The molecule has 1 aromatic carbocycles. The van der Waals surface area contributed by atoms with Gasteiger partial charge in [-0.05, 0) is 32.4 Å². The van der Waals surface area contributed by atoms with Crippen LogP contribution in [-0.2, 0) is 9.53 Å². The van der Waals surface area contributed by atoms with E-state index in [9.17, 15) is 4.79 Å². The third-order valence-corrected chi connectivity index (χ3v) is 4.93. The van der Waals surface area contributed by atoms with Gasteiger partial charge in [0.2, 0.25) is 11.7 Å². The monoisotopic (exact) mass is 327 g/mol. The van der Waals surface area contributed by atoms with E-state index in [-0.39, 0.29) is 11.9 Å². The van der Waals surface area contributed by atoms with Crippen LogP contribution >= 0.6 is 0 Å². The standard InChI is InChI=1S/C18H21N3O3/c22-18-15(8-11-23-18)12-21-9-6-14(7-10-21)17-19-16(20-24-17)13-4-2-1-3-5-13/h1-5,14-15H,6-12H2. The lowest BCUT2D eigenvalue weighted by molar-refractivity contribution is -0.141. The van der Waals surface area contributed by atoms with Crippen LogP contribution in [0.2, 0.25) is 0 Å². The normalized spacial score (nSPS) is 22.7. The highest BCUT2D eigenvalue weighted by Gasteiger charge is 2.31. The van der Waals surface area contributed by atoms with Crippen molar-refractivity contribution in [1.82, 2.24) is 15.0 Å². The SMILES string of the molecule is O=C1OCCC1CN1CCC(c2nc(-c3ccccc3)no2)CC1. The molecule has 6 heteroatoms. The van der Waals surface area contributed by atoms with Crippen LogP contribution in [0.4, 0.5) is 0 Å². The van der Waals surface area contributed by atoms with Crippen molar-refractivity contribution in [3.05, 3.63) is 36.2 Å². The Morgan fingerprint density at radius 3 is 2.62 bits per heavy atom. The smallest absolute Gasteiger partial charge is 0.310 e. The maximum atomic E-state index is 11.6. The zero-order chi connectivity index (χ0) is 16.4. The molecule has 2 aliphatic rings. The van der Waals surface area contributed by atoms with Gasteiger partial charge in [0, 0.05) is 18.0 Å². The summed E-state index contributed by atoms with van der Waals surface area (Å²) in [6, 6.07) is 9.88. The molecular formula is C18H21N3O3. The van der Waals surface area contributed by atoms with Gasteiger partial charge in [0.05, 0.1) is 12.5 Å². The van der Waals surface area contributed by atoms with Gasteiger partial charge in [0.15, 0.2) is 0 Å².